The SMILES string of the molecule is CCC(NC(=O)Cc1cccs1)c1ccc(OC)cc1. The highest BCUT2D eigenvalue weighted by atomic mass is 32.1. The van der Waals surface area contributed by atoms with Gasteiger partial charge in [0.05, 0.1) is 19.6 Å². The smallest absolute Gasteiger partial charge is 0.225 e. The molecule has 1 aromatic carbocycles. The van der Waals surface area contributed by atoms with Gasteiger partial charge in [-0.15, -0.1) is 11.3 Å². The maximum atomic E-state index is 12.0. The van der Waals surface area contributed by atoms with E-state index in [1.54, 1.807) is 18.4 Å². The van der Waals surface area contributed by atoms with Gasteiger partial charge < -0.3 is 10.1 Å². The van der Waals surface area contributed by atoms with E-state index in [9.17, 15) is 4.79 Å². The van der Waals surface area contributed by atoms with E-state index in [1.807, 2.05) is 41.8 Å². The molecule has 1 unspecified atom stereocenters. The van der Waals surface area contributed by atoms with Crippen molar-refractivity contribution < 1.29 is 9.53 Å². The summed E-state index contributed by atoms with van der Waals surface area (Å²) in [5, 5.41) is 5.08. The van der Waals surface area contributed by atoms with Gasteiger partial charge in [0.2, 0.25) is 5.91 Å². The molecule has 2 aromatic rings. The predicted molar refractivity (Wildman–Crippen MR) is 82.2 cm³/mol. The van der Waals surface area contributed by atoms with Crippen molar-refractivity contribution in [3.63, 3.8) is 0 Å². The van der Waals surface area contributed by atoms with Gasteiger partial charge in [0.15, 0.2) is 0 Å². The maximum Gasteiger partial charge on any atom is 0.225 e. The first-order valence-electron chi connectivity index (χ1n) is 6.68. The fourth-order valence-corrected chi connectivity index (χ4v) is 2.78. The Morgan fingerprint density at radius 2 is 2.05 bits per heavy atom. The molecule has 1 N–H and O–H groups in total. The minimum Gasteiger partial charge on any atom is -0.497 e. The summed E-state index contributed by atoms with van der Waals surface area (Å²) in [5.41, 5.74) is 1.10. The number of thiophene rings is 1. The van der Waals surface area contributed by atoms with Crippen molar-refractivity contribution in [1.82, 2.24) is 5.32 Å². The molecule has 0 spiro atoms. The topological polar surface area (TPSA) is 38.3 Å². The molecule has 0 fully saturated rings. The van der Waals surface area contributed by atoms with E-state index < -0.39 is 0 Å². The standard InChI is InChI=1S/C16H19NO2S/c1-3-15(12-6-8-13(19-2)9-7-12)17-16(18)11-14-5-4-10-20-14/h4-10,15H,3,11H2,1-2H3,(H,17,18). The first-order chi connectivity index (χ1) is 9.72. The van der Waals surface area contributed by atoms with E-state index in [-0.39, 0.29) is 11.9 Å². The first kappa shape index (κ1) is 14.6. The summed E-state index contributed by atoms with van der Waals surface area (Å²) in [7, 11) is 1.65. The summed E-state index contributed by atoms with van der Waals surface area (Å²) >= 11 is 1.61. The third kappa shape index (κ3) is 3.84. The fourth-order valence-electron chi connectivity index (χ4n) is 2.07. The third-order valence-electron chi connectivity index (χ3n) is 3.18. The molecular formula is C16H19NO2S. The van der Waals surface area contributed by atoms with Crippen molar-refractivity contribution in [2.75, 3.05) is 7.11 Å². The van der Waals surface area contributed by atoms with Crippen LogP contribution in [0.2, 0.25) is 0 Å². The average Bonchev–Trinajstić information content (AvgIpc) is 2.97. The van der Waals surface area contributed by atoms with Crippen molar-refractivity contribution >= 4 is 17.2 Å². The molecule has 2 rings (SSSR count). The van der Waals surface area contributed by atoms with E-state index in [1.165, 1.54) is 0 Å². The van der Waals surface area contributed by atoms with Gasteiger partial charge in [-0.2, -0.15) is 0 Å². The third-order valence-corrected chi connectivity index (χ3v) is 4.05. The van der Waals surface area contributed by atoms with Gasteiger partial charge in [-0.25, -0.2) is 0 Å². The Kier molecular flexibility index (Phi) is 5.18. The monoisotopic (exact) mass is 289 g/mol. The Balaban J connectivity index is 1.98. The van der Waals surface area contributed by atoms with Crippen molar-refractivity contribution in [2.45, 2.75) is 25.8 Å². The van der Waals surface area contributed by atoms with Crippen LogP contribution in [0.3, 0.4) is 0 Å². The van der Waals surface area contributed by atoms with Gasteiger partial charge in [0.25, 0.3) is 0 Å². The molecule has 20 heavy (non-hydrogen) atoms. The fraction of sp³-hybridized carbons (Fsp3) is 0.312. The molecule has 0 aliphatic carbocycles. The maximum absolute atomic E-state index is 12.0. The van der Waals surface area contributed by atoms with E-state index in [0.29, 0.717) is 6.42 Å². The zero-order valence-corrected chi connectivity index (χ0v) is 12.6. The highest BCUT2D eigenvalue weighted by Crippen LogP contribution is 2.20. The molecule has 0 bridgehead atoms. The molecule has 106 valence electrons. The van der Waals surface area contributed by atoms with Crippen LogP contribution in [-0.4, -0.2) is 13.0 Å². The van der Waals surface area contributed by atoms with Gasteiger partial charge in [0, 0.05) is 4.88 Å². The molecule has 1 heterocycles. The Labute approximate surface area is 123 Å². The van der Waals surface area contributed by atoms with Gasteiger partial charge >= 0.3 is 0 Å². The molecule has 0 radical (unpaired) electrons. The Morgan fingerprint density at radius 1 is 1.30 bits per heavy atom. The molecule has 3 nitrogen and oxygen atoms in total. The molecule has 1 aromatic heterocycles. The molecule has 0 aliphatic rings. The summed E-state index contributed by atoms with van der Waals surface area (Å²) < 4.78 is 5.15. The predicted octanol–water partition coefficient (Wildman–Crippen LogP) is 3.57. The lowest BCUT2D eigenvalue weighted by molar-refractivity contribution is -0.121. The van der Waals surface area contributed by atoms with E-state index in [4.69, 9.17) is 4.74 Å². The second-order valence-corrected chi connectivity index (χ2v) is 5.59. The first-order valence-corrected chi connectivity index (χ1v) is 7.56. The molecule has 0 saturated carbocycles. The van der Waals surface area contributed by atoms with Crippen LogP contribution in [0.4, 0.5) is 0 Å². The minimum absolute atomic E-state index is 0.0494. The lowest BCUT2D eigenvalue weighted by atomic mass is 10.0. The van der Waals surface area contributed by atoms with Crippen LogP contribution in [0.25, 0.3) is 0 Å². The minimum atomic E-state index is 0.0494. The molecular weight excluding hydrogens is 270 g/mol. The van der Waals surface area contributed by atoms with Gasteiger partial charge in [-0.1, -0.05) is 25.1 Å². The number of nitrogens with one attached hydrogen (secondary N) is 1. The number of carbonyl (C=O) groups excluding carboxylic acids is 1. The molecule has 1 amide bonds. The van der Waals surface area contributed by atoms with Crippen LogP contribution < -0.4 is 10.1 Å². The number of amides is 1. The van der Waals surface area contributed by atoms with Gasteiger partial charge in [-0.3, -0.25) is 4.79 Å². The van der Waals surface area contributed by atoms with E-state index in [2.05, 4.69) is 12.2 Å². The lowest BCUT2D eigenvalue weighted by Crippen LogP contribution is -2.29. The van der Waals surface area contributed by atoms with Gasteiger partial charge in [-0.05, 0) is 35.6 Å². The molecule has 0 aliphatic heterocycles. The van der Waals surface area contributed by atoms with Crippen LogP contribution in [0, 0.1) is 0 Å². The zero-order valence-electron chi connectivity index (χ0n) is 11.8. The highest BCUT2D eigenvalue weighted by Gasteiger charge is 2.13. The normalized spacial score (nSPS) is 11.9. The number of rotatable bonds is 6. The summed E-state index contributed by atoms with van der Waals surface area (Å²) in [4.78, 5) is 13.1. The number of hydrogen-bond acceptors (Lipinski definition) is 3. The van der Waals surface area contributed by atoms with Gasteiger partial charge in [0.1, 0.15) is 5.75 Å². The van der Waals surface area contributed by atoms with Crippen LogP contribution >= 0.6 is 11.3 Å². The molecule has 1 atom stereocenters. The Hall–Kier alpha value is -1.81. The Bertz CT molecular complexity index is 534. The quantitative estimate of drug-likeness (QED) is 0.883. The number of hydrogen-bond donors (Lipinski definition) is 1. The summed E-state index contributed by atoms with van der Waals surface area (Å²) in [5.74, 6) is 0.892. The number of benzene rings is 1. The zero-order chi connectivity index (χ0) is 14.4. The number of carbonyl (C=O) groups is 1. The van der Waals surface area contributed by atoms with Crippen molar-refractivity contribution in [1.29, 1.82) is 0 Å². The molecule has 0 saturated heterocycles. The number of ether oxygens (including phenoxy) is 1. The largest absolute Gasteiger partial charge is 0.497 e. The van der Waals surface area contributed by atoms with Crippen LogP contribution in [0.5, 0.6) is 5.75 Å². The lowest BCUT2D eigenvalue weighted by Gasteiger charge is -2.17. The van der Waals surface area contributed by atoms with Crippen molar-refractivity contribution in [2.24, 2.45) is 0 Å². The van der Waals surface area contributed by atoms with Crippen LogP contribution in [-0.2, 0) is 11.2 Å². The van der Waals surface area contributed by atoms with Crippen LogP contribution in [0.15, 0.2) is 41.8 Å². The second-order valence-electron chi connectivity index (χ2n) is 4.56. The van der Waals surface area contributed by atoms with Crippen molar-refractivity contribution in [3.8, 4) is 5.75 Å². The van der Waals surface area contributed by atoms with E-state index in [0.717, 1.165) is 22.6 Å². The summed E-state index contributed by atoms with van der Waals surface area (Å²) in [6.45, 7) is 2.07. The van der Waals surface area contributed by atoms with Crippen molar-refractivity contribution in [3.05, 3.63) is 52.2 Å². The molecule has 4 heteroatoms. The summed E-state index contributed by atoms with van der Waals surface area (Å²) in [6.07, 6.45) is 1.31. The highest BCUT2D eigenvalue weighted by molar-refractivity contribution is 7.10. The van der Waals surface area contributed by atoms with E-state index >= 15 is 0 Å². The Morgan fingerprint density at radius 3 is 2.60 bits per heavy atom. The van der Waals surface area contributed by atoms with Crippen LogP contribution in [0.1, 0.15) is 29.8 Å². The summed E-state index contributed by atoms with van der Waals surface area (Å²) in [6, 6.07) is 11.8. The second kappa shape index (κ2) is 7.10. The number of methoxy groups -OCH3 is 1. The average molecular weight is 289 g/mol.